The zero-order valence-corrected chi connectivity index (χ0v) is 8.57. The summed E-state index contributed by atoms with van der Waals surface area (Å²) in [5.74, 6) is 0. The van der Waals surface area contributed by atoms with Crippen LogP contribution in [0.2, 0.25) is 0 Å². The number of nitrogens with zero attached hydrogens (tertiary/aromatic N) is 2. The van der Waals surface area contributed by atoms with Gasteiger partial charge in [-0.3, -0.25) is 0 Å². The fourth-order valence-electron chi connectivity index (χ4n) is 1.84. The van der Waals surface area contributed by atoms with Crippen molar-refractivity contribution in [2.24, 2.45) is 4.99 Å². The molecule has 0 bridgehead atoms. The normalized spacial score (nSPS) is 21.4. The van der Waals surface area contributed by atoms with E-state index < -0.39 is 0 Å². The largest absolute Gasteiger partial charge is 0.324 e. The number of quaternary nitrogens is 1. The van der Waals surface area contributed by atoms with Gasteiger partial charge in [0.05, 0.1) is 38.4 Å². The molecule has 2 nitrogen and oxygen atoms in total. The number of hydrogen-bond acceptors (Lipinski definition) is 2. The Labute approximate surface area is 79.9 Å². The minimum Gasteiger partial charge on any atom is -0.324 e. The third kappa shape index (κ3) is 3.02. The van der Waals surface area contributed by atoms with Crippen molar-refractivity contribution in [3.63, 3.8) is 0 Å². The Bertz CT molecular complexity index is 179. The van der Waals surface area contributed by atoms with E-state index in [9.17, 15) is 0 Å². The smallest absolute Gasteiger partial charge is 0.0991 e. The number of isothiocyanates is 1. The second kappa shape index (κ2) is 4.70. The summed E-state index contributed by atoms with van der Waals surface area (Å²) in [6.45, 7) is 4.60. The number of likely N-dealkylation sites (tertiary alicyclic amines) is 1. The maximum Gasteiger partial charge on any atom is 0.0991 e. The number of aliphatic imine (C=N–C) groups is 1. The van der Waals surface area contributed by atoms with E-state index >= 15 is 0 Å². The SMILES string of the molecule is C[N+]1(CCN=C=S)CCCCC1. The van der Waals surface area contributed by atoms with Crippen LogP contribution in [0.5, 0.6) is 0 Å². The molecule has 0 unspecified atom stereocenters. The van der Waals surface area contributed by atoms with Gasteiger partial charge in [0.1, 0.15) is 0 Å². The Morgan fingerprint density at radius 3 is 2.58 bits per heavy atom. The molecule has 3 heteroatoms. The minimum absolute atomic E-state index is 0.847. The lowest BCUT2D eigenvalue weighted by Gasteiger charge is -2.37. The number of thiocarbonyl (C=S) groups is 1. The van der Waals surface area contributed by atoms with Crippen molar-refractivity contribution in [2.45, 2.75) is 19.3 Å². The maximum absolute atomic E-state index is 4.53. The average molecular weight is 185 g/mol. The lowest BCUT2D eigenvalue weighted by Crippen LogP contribution is -2.49. The summed E-state index contributed by atoms with van der Waals surface area (Å²) in [4.78, 5) is 3.96. The van der Waals surface area contributed by atoms with E-state index in [0.717, 1.165) is 13.1 Å². The Kier molecular flexibility index (Phi) is 3.86. The van der Waals surface area contributed by atoms with Crippen LogP contribution in [0.25, 0.3) is 0 Å². The molecule has 0 radical (unpaired) electrons. The summed E-state index contributed by atoms with van der Waals surface area (Å²) in [5.41, 5.74) is 0. The van der Waals surface area contributed by atoms with Gasteiger partial charge < -0.3 is 4.48 Å². The van der Waals surface area contributed by atoms with Crippen LogP contribution >= 0.6 is 12.2 Å². The van der Waals surface area contributed by atoms with Crippen LogP contribution in [0, 0.1) is 0 Å². The van der Waals surface area contributed by atoms with Gasteiger partial charge in [0.15, 0.2) is 0 Å². The summed E-state index contributed by atoms with van der Waals surface area (Å²) in [6.07, 6.45) is 4.15. The summed E-state index contributed by atoms with van der Waals surface area (Å²) < 4.78 is 1.18. The van der Waals surface area contributed by atoms with Crippen LogP contribution < -0.4 is 0 Å². The van der Waals surface area contributed by atoms with Crippen molar-refractivity contribution in [3.8, 4) is 0 Å². The summed E-state index contributed by atoms with van der Waals surface area (Å²) in [5, 5.41) is 2.42. The van der Waals surface area contributed by atoms with Gasteiger partial charge in [0, 0.05) is 0 Å². The summed E-state index contributed by atoms with van der Waals surface area (Å²) in [6, 6.07) is 0. The fraction of sp³-hybridized carbons (Fsp3) is 0.889. The monoisotopic (exact) mass is 185 g/mol. The van der Waals surface area contributed by atoms with Crippen LogP contribution in [0.15, 0.2) is 4.99 Å². The Balaban J connectivity index is 2.31. The highest BCUT2D eigenvalue weighted by atomic mass is 32.1. The standard InChI is InChI=1S/C9H17N2S/c1-11(8-5-10-9-12)6-3-2-4-7-11/h2-8H2,1H3/q+1. The molecular weight excluding hydrogens is 168 g/mol. The molecule has 1 aliphatic rings. The van der Waals surface area contributed by atoms with Crippen molar-refractivity contribution in [1.29, 1.82) is 0 Å². The van der Waals surface area contributed by atoms with Crippen molar-refractivity contribution in [3.05, 3.63) is 0 Å². The average Bonchev–Trinajstić information content (AvgIpc) is 2.06. The molecule has 1 aliphatic heterocycles. The van der Waals surface area contributed by atoms with Crippen LogP contribution in [-0.4, -0.2) is 42.9 Å². The van der Waals surface area contributed by atoms with Crippen molar-refractivity contribution < 1.29 is 4.48 Å². The first-order valence-corrected chi connectivity index (χ1v) is 5.05. The molecule has 0 aromatic rings. The van der Waals surface area contributed by atoms with E-state index in [1.165, 1.54) is 36.8 Å². The molecule has 0 aromatic carbocycles. The van der Waals surface area contributed by atoms with Gasteiger partial charge in [-0.05, 0) is 31.5 Å². The van der Waals surface area contributed by atoms with Crippen LogP contribution in [0.3, 0.4) is 0 Å². The molecule has 0 aromatic heterocycles. The van der Waals surface area contributed by atoms with Gasteiger partial charge in [-0.2, -0.15) is 0 Å². The van der Waals surface area contributed by atoms with Crippen LogP contribution in [0.4, 0.5) is 0 Å². The summed E-state index contributed by atoms with van der Waals surface area (Å²) in [7, 11) is 2.32. The fourth-order valence-corrected chi connectivity index (χ4v) is 1.93. The van der Waals surface area contributed by atoms with Gasteiger partial charge in [0.2, 0.25) is 0 Å². The predicted molar refractivity (Wildman–Crippen MR) is 54.5 cm³/mol. The molecule has 0 N–H and O–H groups in total. The highest BCUT2D eigenvalue weighted by Crippen LogP contribution is 2.15. The van der Waals surface area contributed by atoms with Crippen molar-refractivity contribution in [1.82, 2.24) is 0 Å². The molecule has 0 spiro atoms. The first-order chi connectivity index (χ1) is 5.77. The van der Waals surface area contributed by atoms with Gasteiger partial charge in [-0.1, -0.05) is 0 Å². The van der Waals surface area contributed by atoms with E-state index in [4.69, 9.17) is 0 Å². The summed E-state index contributed by atoms with van der Waals surface area (Å²) >= 11 is 4.53. The zero-order chi connectivity index (χ0) is 8.86. The molecule has 68 valence electrons. The Hall–Kier alpha value is -0.240. The van der Waals surface area contributed by atoms with E-state index in [1.54, 1.807) is 0 Å². The third-order valence-electron chi connectivity index (χ3n) is 2.71. The van der Waals surface area contributed by atoms with E-state index in [2.05, 4.69) is 29.4 Å². The topological polar surface area (TPSA) is 12.4 Å². The molecular formula is C9H17N2S+. The zero-order valence-electron chi connectivity index (χ0n) is 7.75. The number of hydrogen-bond donors (Lipinski definition) is 0. The first-order valence-electron chi connectivity index (χ1n) is 4.64. The van der Waals surface area contributed by atoms with Gasteiger partial charge in [0.25, 0.3) is 0 Å². The molecule has 12 heavy (non-hydrogen) atoms. The Morgan fingerprint density at radius 2 is 2.00 bits per heavy atom. The second-order valence-corrected chi connectivity index (χ2v) is 4.01. The molecule has 0 amide bonds. The first kappa shape index (κ1) is 9.85. The quantitative estimate of drug-likeness (QED) is 0.370. The lowest BCUT2D eigenvalue weighted by molar-refractivity contribution is -0.912. The highest BCUT2D eigenvalue weighted by Gasteiger charge is 2.23. The van der Waals surface area contributed by atoms with Gasteiger partial charge >= 0.3 is 0 Å². The number of rotatable bonds is 3. The second-order valence-electron chi connectivity index (χ2n) is 3.82. The molecule has 0 saturated carbocycles. The maximum atomic E-state index is 4.53. The molecule has 1 heterocycles. The third-order valence-corrected chi connectivity index (χ3v) is 2.84. The number of likely N-dealkylation sites (N-methyl/N-ethyl adjacent to an activating group) is 1. The number of piperidine rings is 1. The molecule has 1 rings (SSSR count). The van der Waals surface area contributed by atoms with E-state index in [-0.39, 0.29) is 0 Å². The highest BCUT2D eigenvalue weighted by molar-refractivity contribution is 7.78. The molecule has 0 aliphatic carbocycles. The predicted octanol–water partition coefficient (Wildman–Crippen LogP) is 1.72. The van der Waals surface area contributed by atoms with Crippen LogP contribution in [-0.2, 0) is 0 Å². The van der Waals surface area contributed by atoms with E-state index in [0.29, 0.717) is 0 Å². The lowest BCUT2D eigenvalue weighted by atomic mass is 10.1. The Morgan fingerprint density at radius 1 is 1.33 bits per heavy atom. The van der Waals surface area contributed by atoms with Crippen LogP contribution in [0.1, 0.15) is 19.3 Å². The molecule has 1 fully saturated rings. The van der Waals surface area contributed by atoms with Gasteiger partial charge in [-0.15, -0.1) is 0 Å². The van der Waals surface area contributed by atoms with Gasteiger partial charge in [-0.25, -0.2) is 4.99 Å². The van der Waals surface area contributed by atoms with Crippen molar-refractivity contribution in [2.75, 3.05) is 33.2 Å². The van der Waals surface area contributed by atoms with E-state index in [1.807, 2.05) is 0 Å². The molecule has 0 atom stereocenters. The van der Waals surface area contributed by atoms with Crippen molar-refractivity contribution >= 4 is 17.4 Å². The molecule has 1 saturated heterocycles. The minimum atomic E-state index is 0.847.